The van der Waals surface area contributed by atoms with Gasteiger partial charge in [-0.2, -0.15) is 0 Å². The number of carbonyl (C=O) groups excluding carboxylic acids is 1. The molecule has 0 aliphatic rings. The SMILES string of the molecule is O=C(c1ccco1)c1cnc(Nc2ccc(Cl)cc2)s1. The molecule has 0 aliphatic heterocycles. The molecule has 0 atom stereocenters. The van der Waals surface area contributed by atoms with Gasteiger partial charge < -0.3 is 9.73 Å². The number of nitrogens with one attached hydrogen (secondary N) is 1. The zero-order chi connectivity index (χ0) is 13.9. The molecule has 0 saturated heterocycles. The van der Waals surface area contributed by atoms with Crippen molar-refractivity contribution in [3.63, 3.8) is 0 Å². The third-order valence-corrected chi connectivity index (χ3v) is 3.73. The van der Waals surface area contributed by atoms with E-state index in [0.29, 0.717) is 20.8 Å². The van der Waals surface area contributed by atoms with Crippen LogP contribution in [0.15, 0.2) is 53.3 Å². The second kappa shape index (κ2) is 5.48. The van der Waals surface area contributed by atoms with Gasteiger partial charge in [-0.1, -0.05) is 22.9 Å². The van der Waals surface area contributed by atoms with Gasteiger partial charge in [-0.3, -0.25) is 4.79 Å². The minimum Gasteiger partial charge on any atom is -0.461 e. The van der Waals surface area contributed by atoms with E-state index in [1.165, 1.54) is 23.8 Å². The molecule has 0 unspecified atom stereocenters. The second-order valence-electron chi connectivity index (χ2n) is 3.97. The lowest BCUT2D eigenvalue weighted by Gasteiger charge is -2.01. The van der Waals surface area contributed by atoms with Crippen LogP contribution in [0.1, 0.15) is 15.4 Å². The fraction of sp³-hybridized carbons (Fsp3) is 0. The predicted molar refractivity (Wildman–Crippen MR) is 79.0 cm³/mol. The number of hydrogen-bond donors (Lipinski definition) is 1. The maximum atomic E-state index is 12.0. The Kier molecular flexibility index (Phi) is 3.54. The minimum absolute atomic E-state index is 0.170. The van der Waals surface area contributed by atoms with Gasteiger partial charge in [0.1, 0.15) is 4.88 Å². The molecule has 3 rings (SSSR count). The summed E-state index contributed by atoms with van der Waals surface area (Å²) in [5.41, 5.74) is 0.862. The van der Waals surface area contributed by atoms with Crippen molar-refractivity contribution >= 4 is 39.5 Å². The predicted octanol–water partition coefficient (Wildman–Crippen LogP) is 4.36. The van der Waals surface area contributed by atoms with E-state index in [1.807, 2.05) is 12.1 Å². The lowest BCUT2D eigenvalue weighted by Crippen LogP contribution is -1.95. The zero-order valence-corrected chi connectivity index (χ0v) is 11.7. The summed E-state index contributed by atoms with van der Waals surface area (Å²) in [6.45, 7) is 0. The van der Waals surface area contributed by atoms with E-state index in [4.69, 9.17) is 16.0 Å². The molecule has 0 bridgehead atoms. The second-order valence-corrected chi connectivity index (χ2v) is 5.44. The number of anilines is 2. The van der Waals surface area contributed by atoms with Gasteiger partial charge in [0.2, 0.25) is 5.78 Å². The molecule has 2 heterocycles. The first kappa shape index (κ1) is 12.9. The topological polar surface area (TPSA) is 55.1 Å². The summed E-state index contributed by atoms with van der Waals surface area (Å²) in [5, 5.41) is 4.43. The summed E-state index contributed by atoms with van der Waals surface area (Å²) in [4.78, 5) is 16.8. The number of aromatic nitrogens is 1. The van der Waals surface area contributed by atoms with Crippen molar-refractivity contribution in [1.82, 2.24) is 4.98 Å². The van der Waals surface area contributed by atoms with Crippen LogP contribution in [0.5, 0.6) is 0 Å². The lowest BCUT2D eigenvalue weighted by atomic mass is 10.3. The van der Waals surface area contributed by atoms with Crippen molar-refractivity contribution in [2.24, 2.45) is 0 Å². The maximum Gasteiger partial charge on any atom is 0.239 e. The van der Waals surface area contributed by atoms with Crippen LogP contribution in [0.2, 0.25) is 5.02 Å². The summed E-state index contributed by atoms with van der Waals surface area (Å²) in [7, 11) is 0. The quantitative estimate of drug-likeness (QED) is 0.727. The molecule has 100 valence electrons. The summed E-state index contributed by atoms with van der Waals surface area (Å²) in [5.74, 6) is 0.142. The number of rotatable bonds is 4. The third-order valence-electron chi connectivity index (χ3n) is 2.57. The number of carbonyl (C=O) groups is 1. The van der Waals surface area contributed by atoms with Crippen LogP contribution in [-0.4, -0.2) is 10.8 Å². The standard InChI is InChI=1S/C14H9ClN2O2S/c15-9-3-5-10(6-4-9)17-14-16-8-12(20-14)13(18)11-2-1-7-19-11/h1-8H,(H,16,17). The van der Waals surface area contributed by atoms with Crippen LogP contribution < -0.4 is 5.32 Å². The molecule has 6 heteroatoms. The van der Waals surface area contributed by atoms with Gasteiger partial charge in [-0.05, 0) is 36.4 Å². The summed E-state index contributed by atoms with van der Waals surface area (Å²) < 4.78 is 5.08. The monoisotopic (exact) mass is 304 g/mol. The first-order valence-electron chi connectivity index (χ1n) is 5.79. The summed E-state index contributed by atoms with van der Waals surface area (Å²) >= 11 is 7.10. The molecule has 0 aliphatic carbocycles. The van der Waals surface area contributed by atoms with Crippen LogP contribution in [-0.2, 0) is 0 Å². The van der Waals surface area contributed by atoms with Gasteiger partial charge in [0.15, 0.2) is 10.9 Å². The van der Waals surface area contributed by atoms with Gasteiger partial charge >= 0.3 is 0 Å². The van der Waals surface area contributed by atoms with Crippen LogP contribution in [0.25, 0.3) is 0 Å². The van der Waals surface area contributed by atoms with Crippen molar-refractivity contribution < 1.29 is 9.21 Å². The number of benzene rings is 1. The molecule has 0 saturated carbocycles. The Morgan fingerprint density at radius 1 is 1.25 bits per heavy atom. The first-order chi connectivity index (χ1) is 9.72. The average molecular weight is 305 g/mol. The van der Waals surface area contributed by atoms with Gasteiger partial charge in [-0.15, -0.1) is 0 Å². The van der Waals surface area contributed by atoms with Crippen molar-refractivity contribution in [2.75, 3.05) is 5.32 Å². The normalized spacial score (nSPS) is 10.4. The molecular weight excluding hydrogens is 296 g/mol. The van der Waals surface area contributed by atoms with Gasteiger partial charge in [0.25, 0.3) is 0 Å². The molecule has 4 nitrogen and oxygen atoms in total. The fourth-order valence-corrected chi connectivity index (χ4v) is 2.53. The van der Waals surface area contributed by atoms with Crippen molar-refractivity contribution in [3.8, 4) is 0 Å². The van der Waals surface area contributed by atoms with Crippen LogP contribution in [0.3, 0.4) is 0 Å². The van der Waals surface area contributed by atoms with Crippen molar-refractivity contribution in [3.05, 3.63) is 64.5 Å². The molecular formula is C14H9ClN2O2S. The molecule has 3 aromatic rings. The molecule has 1 aromatic carbocycles. The molecule has 0 amide bonds. The summed E-state index contributed by atoms with van der Waals surface area (Å²) in [6.07, 6.45) is 3.01. The highest BCUT2D eigenvalue weighted by atomic mass is 35.5. The summed E-state index contributed by atoms with van der Waals surface area (Å²) in [6, 6.07) is 10.6. The Morgan fingerprint density at radius 2 is 2.05 bits per heavy atom. The van der Waals surface area contributed by atoms with Gasteiger partial charge in [-0.25, -0.2) is 4.98 Å². The maximum absolute atomic E-state index is 12.0. The lowest BCUT2D eigenvalue weighted by molar-refractivity contribution is 0.101. The minimum atomic E-state index is -0.170. The molecule has 1 N–H and O–H groups in total. The highest BCUT2D eigenvalue weighted by molar-refractivity contribution is 7.17. The Morgan fingerprint density at radius 3 is 2.75 bits per heavy atom. The Hall–Kier alpha value is -2.11. The van der Waals surface area contributed by atoms with E-state index in [0.717, 1.165) is 5.69 Å². The van der Waals surface area contributed by atoms with Gasteiger partial charge in [0.05, 0.1) is 12.5 Å². The first-order valence-corrected chi connectivity index (χ1v) is 6.98. The van der Waals surface area contributed by atoms with E-state index < -0.39 is 0 Å². The number of ketones is 1. The number of nitrogens with zero attached hydrogens (tertiary/aromatic N) is 1. The Balaban J connectivity index is 1.77. The van der Waals surface area contributed by atoms with E-state index >= 15 is 0 Å². The number of thiazole rings is 1. The van der Waals surface area contributed by atoms with Crippen molar-refractivity contribution in [2.45, 2.75) is 0 Å². The molecule has 0 radical (unpaired) electrons. The van der Waals surface area contributed by atoms with Crippen LogP contribution in [0, 0.1) is 0 Å². The Bertz CT molecular complexity index is 720. The van der Waals surface area contributed by atoms with E-state index in [1.54, 1.807) is 24.3 Å². The zero-order valence-electron chi connectivity index (χ0n) is 10.2. The molecule has 20 heavy (non-hydrogen) atoms. The molecule has 0 fully saturated rings. The Labute approximate surface area is 124 Å². The number of furan rings is 1. The van der Waals surface area contributed by atoms with E-state index in [2.05, 4.69) is 10.3 Å². The fourth-order valence-electron chi connectivity index (χ4n) is 1.62. The van der Waals surface area contributed by atoms with Crippen LogP contribution in [0.4, 0.5) is 10.8 Å². The third kappa shape index (κ3) is 2.74. The van der Waals surface area contributed by atoms with E-state index in [-0.39, 0.29) is 5.78 Å². The smallest absolute Gasteiger partial charge is 0.239 e. The van der Waals surface area contributed by atoms with Crippen LogP contribution >= 0.6 is 22.9 Å². The largest absolute Gasteiger partial charge is 0.461 e. The molecule has 0 spiro atoms. The van der Waals surface area contributed by atoms with Crippen molar-refractivity contribution in [1.29, 1.82) is 0 Å². The van der Waals surface area contributed by atoms with E-state index in [9.17, 15) is 4.79 Å². The highest BCUT2D eigenvalue weighted by Gasteiger charge is 2.15. The van der Waals surface area contributed by atoms with Gasteiger partial charge in [0, 0.05) is 10.7 Å². The average Bonchev–Trinajstić information content (AvgIpc) is 3.12. The number of hydrogen-bond acceptors (Lipinski definition) is 5. The highest BCUT2D eigenvalue weighted by Crippen LogP contribution is 2.25. The number of halogens is 1. The molecule has 2 aromatic heterocycles.